The molecule has 0 radical (unpaired) electrons. The van der Waals surface area contributed by atoms with E-state index < -0.39 is 11.6 Å². The lowest BCUT2D eigenvalue weighted by atomic mass is 10.3. The molecule has 7 heteroatoms. The van der Waals surface area contributed by atoms with Crippen molar-refractivity contribution in [2.45, 2.75) is 0 Å². The zero-order valence-electron chi connectivity index (χ0n) is 10.9. The topological polar surface area (TPSA) is 33.3 Å². The van der Waals surface area contributed by atoms with Crippen molar-refractivity contribution in [2.24, 2.45) is 0 Å². The highest BCUT2D eigenvalue weighted by Gasteiger charge is 2.07. The molecule has 0 fully saturated rings. The Kier molecular flexibility index (Phi) is 5.08. The molecule has 110 valence electrons. The van der Waals surface area contributed by atoms with Crippen LogP contribution in [0.3, 0.4) is 0 Å². The molecule has 0 aliphatic carbocycles. The van der Waals surface area contributed by atoms with Crippen molar-refractivity contribution in [1.29, 1.82) is 0 Å². The van der Waals surface area contributed by atoms with Crippen molar-refractivity contribution in [2.75, 3.05) is 17.7 Å². The minimum atomic E-state index is -0.514. The zero-order chi connectivity index (χ0) is 15.4. The Hall–Kier alpha value is -1.73. The fourth-order valence-corrected chi connectivity index (χ4v) is 2.18. The van der Waals surface area contributed by atoms with Gasteiger partial charge in [0.15, 0.2) is 16.7 Å². The monoisotopic (exact) mass is 372 g/mol. The second kappa shape index (κ2) is 6.82. The maximum Gasteiger partial charge on any atom is 0.175 e. The summed E-state index contributed by atoms with van der Waals surface area (Å²) in [4.78, 5) is 0. The average molecular weight is 373 g/mol. The quantitative estimate of drug-likeness (QED) is 0.774. The molecular formula is C14H11BrF2N2OS. The first-order chi connectivity index (χ1) is 9.99. The summed E-state index contributed by atoms with van der Waals surface area (Å²) < 4.78 is 32.6. The summed E-state index contributed by atoms with van der Waals surface area (Å²) in [6.45, 7) is 0. The third-order valence-corrected chi connectivity index (χ3v) is 3.29. The van der Waals surface area contributed by atoms with Crippen LogP contribution in [0.2, 0.25) is 0 Å². The van der Waals surface area contributed by atoms with Crippen LogP contribution >= 0.6 is 28.1 Å². The standard InChI is InChI=1S/C14H11BrF2N2OS/c1-20-13-5-3-9(7-11(13)17)18-14(21)19-12-4-2-8(15)6-10(12)16/h2-7H,1H3,(H2,18,19,21). The van der Waals surface area contributed by atoms with Crippen molar-refractivity contribution in [3.63, 3.8) is 0 Å². The first-order valence-electron chi connectivity index (χ1n) is 5.86. The maximum absolute atomic E-state index is 13.7. The second-order valence-electron chi connectivity index (χ2n) is 4.05. The number of thiocarbonyl (C=S) groups is 1. The van der Waals surface area contributed by atoms with Crippen molar-refractivity contribution < 1.29 is 13.5 Å². The molecule has 0 heterocycles. The molecule has 2 rings (SSSR count). The van der Waals surface area contributed by atoms with Crippen LogP contribution in [0, 0.1) is 11.6 Å². The van der Waals surface area contributed by atoms with Crippen molar-refractivity contribution in [1.82, 2.24) is 0 Å². The molecule has 21 heavy (non-hydrogen) atoms. The first-order valence-corrected chi connectivity index (χ1v) is 7.06. The van der Waals surface area contributed by atoms with Crippen molar-refractivity contribution in [3.8, 4) is 5.75 Å². The van der Waals surface area contributed by atoms with E-state index in [-0.39, 0.29) is 16.5 Å². The van der Waals surface area contributed by atoms with Crippen LogP contribution in [-0.2, 0) is 0 Å². The average Bonchev–Trinajstić information content (AvgIpc) is 2.42. The molecule has 0 bridgehead atoms. The summed E-state index contributed by atoms with van der Waals surface area (Å²) >= 11 is 8.23. The van der Waals surface area contributed by atoms with E-state index in [1.165, 1.54) is 25.3 Å². The smallest absolute Gasteiger partial charge is 0.175 e. The van der Waals surface area contributed by atoms with Gasteiger partial charge in [0.05, 0.1) is 12.8 Å². The van der Waals surface area contributed by atoms with E-state index in [4.69, 9.17) is 17.0 Å². The van der Waals surface area contributed by atoms with E-state index in [0.29, 0.717) is 10.2 Å². The van der Waals surface area contributed by atoms with Gasteiger partial charge in [-0.1, -0.05) is 15.9 Å². The molecule has 0 amide bonds. The van der Waals surface area contributed by atoms with Gasteiger partial charge in [-0.15, -0.1) is 0 Å². The second-order valence-corrected chi connectivity index (χ2v) is 5.38. The molecular weight excluding hydrogens is 362 g/mol. The van der Waals surface area contributed by atoms with Crippen molar-refractivity contribution in [3.05, 3.63) is 52.5 Å². The van der Waals surface area contributed by atoms with Gasteiger partial charge in [0.2, 0.25) is 0 Å². The zero-order valence-corrected chi connectivity index (χ0v) is 13.3. The van der Waals surface area contributed by atoms with Gasteiger partial charge in [-0.05, 0) is 42.5 Å². The molecule has 0 spiro atoms. The summed E-state index contributed by atoms with van der Waals surface area (Å²) in [5, 5.41) is 5.63. The summed E-state index contributed by atoms with van der Waals surface area (Å²) in [6, 6.07) is 8.86. The number of ether oxygens (including phenoxy) is 1. The van der Waals surface area contributed by atoms with Gasteiger partial charge < -0.3 is 15.4 Å². The van der Waals surface area contributed by atoms with Crippen molar-refractivity contribution >= 4 is 44.6 Å². The number of benzene rings is 2. The summed E-state index contributed by atoms with van der Waals surface area (Å²) in [5.74, 6) is -0.826. The molecule has 0 aliphatic heterocycles. The highest BCUT2D eigenvalue weighted by molar-refractivity contribution is 9.10. The number of hydrogen-bond acceptors (Lipinski definition) is 2. The number of hydrogen-bond donors (Lipinski definition) is 2. The summed E-state index contributed by atoms with van der Waals surface area (Å²) in [5.41, 5.74) is 0.660. The number of halogens is 3. The van der Waals surface area contributed by atoms with Gasteiger partial charge in [-0.3, -0.25) is 0 Å². The minimum Gasteiger partial charge on any atom is -0.494 e. The Morgan fingerprint density at radius 3 is 2.48 bits per heavy atom. The molecule has 2 N–H and O–H groups in total. The van der Waals surface area contributed by atoms with Gasteiger partial charge in [0.1, 0.15) is 5.82 Å². The van der Waals surface area contributed by atoms with E-state index in [9.17, 15) is 8.78 Å². The van der Waals surface area contributed by atoms with Crippen LogP contribution in [0.4, 0.5) is 20.2 Å². The van der Waals surface area contributed by atoms with Crippen LogP contribution in [0.1, 0.15) is 0 Å². The normalized spacial score (nSPS) is 10.1. The van der Waals surface area contributed by atoms with Crippen LogP contribution in [0.5, 0.6) is 5.75 Å². The molecule has 0 aromatic heterocycles. The molecule has 2 aromatic rings. The summed E-state index contributed by atoms with van der Waals surface area (Å²) in [6.07, 6.45) is 0. The Labute approximate surface area is 134 Å². The van der Waals surface area contributed by atoms with E-state index in [1.54, 1.807) is 18.2 Å². The molecule has 0 saturated carbocycles. The van der Waals surface area contributed by atoms with E-state index in [0.717, 1.165) is 0 Å². The lowest BCUT2D eigenvalue weighted by Gasteiger charge is -2.12. The van der Waals surface area contributed by atoms with Crippen LogP contribution in [0.15, 0.2) is 40.9 Å². The number of nitrogens with one attached hydrogen (secondary N) is 2. The number of anilines is 2. The Morgan fingerprint density at radius 1 is 1.10 bits per heavy atom. The van der Waals surface area contributed by atoms with Gasteiger partial charge in [-0.25, -0.2) is 8.78 Å². The Bertz CT molecular complexity index is 682. The fraction of sp³-hybridized carbons (Fsp3) is 0.0714. The van der Waals surface area contributed by atoms with Crippen LogP contribution in [0.25, 0.3) is 0 Å². The molecule has 3 nitrogen and oxygen atoms in total. The van der Waals surface area contributed by atoms with Gasteiger partial charge in [-0.2, -0.15) is 0 Å². The van der Waals surface area contributed by atoms with E-state index in [2.05, 4.69) is 26.6 Å². The maximum atomic E-state index is 13.7. The third kappa shape index (κ3) is 4.12. The predicted octanol–water partition coefficient (Wildman–Crippen LogP) is 4.54. The molecule has 0 aliphatic rings. The van der Waals surface area contributed by atoms with Gasteiger partial charge in [0.25, 0.3) is 0 Å². The predicted molar refractivity (Wildman–Crippen MR) is 86.9 cm³/mol. The molecule has 0 saturated heterocycles. The van der Waals surface area contributed by atoms with Gasteiger partial charge in [0, 0.05) is 16.2 Å². The van der Waals surface area contributed by atoms with Crippen LogP contribution in [-0.4, -0.2) is 12.2 Å². The van der Waals surface area contributed by atoms with Crippen LogP contribution < -0.4 is 15.4 Å². The Balaban J connectivity index is 2.06. The molecule has 0 unspecified atom stereocenters. The lowest BCUT2D eigenvalue weighted by Crippen LogP contribution is -2.19. The highest BCUT2D eigenvalue weighted by Crippen LogP contribution is 2.22. The largest absolute Gasteiger partial charge is 0.494 e. The fourth-order valence-electron chi connectivity index (χ4n) is 1.62. The van der Waals surface area contributed by atoms with E-state index >= 15 is 0 Å². The molecule has 2 aromatic carbocycles. The van der Waals surface area contributed by atoms with E-state index in [1.807, 2.05) is 0 Å². The molecule has 0 atom stereocenters. The minimum absolute atomic E-state index is 0.137. The SMILES string of the molecule is COc1ccc(NC(=S)Nc2ccc(Br)cc2F)cc1F. The third-order valence-electron chi connectivity index (χ3n) is 2.59. The highest BCUT2D eigenvalue weighted by atomic mass is 79.9. The lowest BCUT2D eigenvalue weighted by molar-refractivity contribution is 0.387. The summed E-state index contributed by atoms with van der Waals surface area (Å²) in [7, 11) is 1.38. The first kappa shape index (κ1) is 15.7. The Morgan fingerprint density at radius 2 is 1.86 bits per heavy atom. The number of methoxy groups -OCH3 is 1. The van der Waals surface area contributed by atoms with Gasteiger partial charge >= 0.3 is 0 Å². The number of rotatable bonds is 3.